The molecular formula is C27H35N3O4. The molecule has 1 N–H and O–H groups in total. The first-order valence-electron chi connectivity index (χ1n) is 12.4. The molecule has 4 rings (SSSR count). The molecule has 0 radical (unpaired) electrons. The van der Waals surface area contributed by atoms with Gasteiger partial charge < -0.3 is 19.5 Å². The van der Waals surface area contributed by atoms with Gasteiger partial charge in [0, 0.05) is 51.1 Å². The van der Waals surface area contributed by atoms with Crippen molar-refractivity contribution in [3.8, 4) is 0 Å². The molecule has 1 saturated carbocycles. The van der Waals surface area contributed by atoms with Gasteiger partial charge in [-0.15, -0.1) is 0 Å². The summed E-state index contributed by atoms with van der Waals surface area (Å²) in [5.41, 5.74) is 0.679. The third kappa shape index (κ3) is 5.25. The number of aromatic nitrogens is 1. The van der Waals surface area contributed by atoms with E-state index in [4.69, 9.17) is 4.74 Å². The Labute approximate surface area is 201 Å². The highest BCUT2D eigenvalue weighted by Gasteiger charge is 2.36. The van der Waals surface area contributed by atoms with Crippen LogP contribution in [0, 0.1) is 0 Å². The summed E-state index contributed by atoms with van der Waals surface area (Å²) in [4.78, 5) is 41.5. The maximum atomic E-state index is 13.3. The van der Waals surface area contributed by atoms with E-state index in [9.17, 15) is 14.4 Å². The van der Waals surface area contributed by atoms with Crippen LogP contribution in [0.4, 0.5) is 0 Å². The van der Waals surface area contributed by atoms with E-state index >= 15 is 0 Å². The predicted molar refractivity (Wildman–Crippen MR) is 131 cm³/mol. The van der Waals surface area contributed by atoms with Crippen LogP contribution >= 0.6 is 0 Å². The summed E-state index contributed by atoms with van der Waals surface area (Å²) >= 11 is 0. The number of nitrogens with zero attached hydrogens (tertiary/aromatic N) is 2. The van der Waals surface area contributed by atoms with Gasteiger partial charge in [-0.05, 0) is 37.7 Å². The predicted octanol–water partition coefficient (Wildman–Crippen LogP) is 3.36. The third-order valence-corrected chi connectivity index (χ3v) is 7.29. The van der Waals surface area contributed by atoms with Crippen LogP contribution in [0.15, 0.2) is 47.5 Å². The zero-order valence-electron chi connectivity index (χ0n) is 20.1. The maximum Gasteiger partial charge on any atom is 0.259 e. The van der Waals surface area contributed by atoms with Crippen LogP contribution < -0.4 is 10.7 Å². The number of hydrogen-bond donors (Lipinski definition) is 1. The number of methoxy groups -OCH3 is 1. The minimum atomic E-state index is -0.498. The normalized spacial score (nSPS) is 17.5. The monoisotopic (exact) mass is 465 g/mol. The molecule has 0 unspecified atom stereocenters. The number of carbonyl (C=O) groups is 2. The molecule has 2 aliphatic rings. The average Bonchev–Trinajstić information content (AvgIpc) is 3.37. The number of hydrogen-bond acceptors (Lipinski definition) is 4. The molecular weight excluding hydrogens is 430 g/mol. The molecule has 7 nitrogen and oxygen atoms in total. The lowest BCUT2D eigenvalue weighted by molar-refractivity contribution is 0.0721. The lowest BCUT2D eigenvalue weighted by Crippen LogP contribution is -2.42. The highest BCUT2D eigenvalue weighted by atomic mass is 16.5. The number of benzene rings is 1. The van der Waals surface area contributed by atoms with E-state index in [0.717, 1.165) is 44.9 Å². The number of likely N-dealkylation sites (tertiary alicyclic amines) is 1. The zero-order valence-corrected chi connectivity index (χ0v) is 20.1. The summed E-state index contributed by atoms with van der Waals surface area (Å²) in [5, 5.41) is 3.04. The van der Waals surface area contributed by atoms with E-state index in [1.165, 1.54) is 5.56 Å². The fourth-order valence-electron chi connectivity index (χ4n) is 5.29. The SMILES string of the molecule is COCCn1cc(C(=O)NCC2(c3ccccc3)CCCC2)c(=O)c(C(=O)N2CCCCC2)c1. The Morgan fingerprint density at radius 1 is 0.971 bits per heavy atom. The van der Waals surface area contributed by atoms with Crippen molar-refractivity contribution in [3.63, 3.8) is 0 Å². The van der Waals surface area contributed by atoms with Gasteiger partial charge in [0.2, 0.25) is 5.43 Å². The highest BCUT2D eigenvalue weighted by molar-refractivity contribution is 5.99. The first-order valence-corrected chi connectivity index (χ1v) is 12.4. The van der Waals surface area contributed by atoms with Crippen molar-refractivity contribution < 1.29 is 14.3 Å². The second kappa shape index (κ2) is 11.0. The molecule has 0 bridgehead atoms. The molecule has 182 valence electrons. The number of nitrogens with one attached hydrogen (secondary N) is 1. The van der Waals surface area contributed by atoms with Crippen molar-refractivity contribution in [1.29, 1.82) is 0 Å². The van der Waals surface area contributed by atoms with Crippen LogP contribution in [0.5, 0.6) is 0 Å². The van der Waals surface area contributed by atoms with Crippen molar-refractivity contribution in [2.45, 2.75) is 56.9 Å². The first kappa shape index (κ1) is 24.2. The number of ether oxygens (including phenoxy) is 1. The highest BCUT2D eigenvalue weighted by Crippen LogP contribution is 2.40. The molecule has 0 atom stereocenters. The van der Waals surface area contributed by atoms with E-state index in [1.807, 2.05) is 18.2 Å². The fourth-order valence-corrected chi connectivity index (χ4v) is 5.29. The number of pyridine rings is 1. The van der Waals surface area contributed by atoms with Gasteiger partial charge >= 0.3 is 0 Å². The van der Waals surface area contributed by atoms with Crippen LogP contribution in [0.3, 0.4) is 0 Å². The summed E-state index contributed by atoms with van der Waals surface area (Å²) in [5.74, 6) is -0.714. The molecule has 2 fully saturated rings. The topological polar surface area (TPSA) is 80.6 Å². The second-order valence-corrected chi connectivity index (χ2v) is 9.53. The van der Waals surface area contributed by atoms with Gasteiger partial charge in [-0.2, -0.15) is 0 Å². The Bertz CT molecular complexity index is 1050. The molecule has 1 aliphatic heterocycles. The van der Waals surface area contributed by atoms with Crippen molar-refractivity contribution in [3.05, 3.63) is 69.6 Å². The molecule has 34 heavy (non-hydrogen) atoms. The Morgan fingerprint density at radius 3 is 2.32 bits per heavy atom. The minimum absolute atomic E-state index is 0.0140. The van der Waals surface area contributed by atoms with Gasteiger partial charge in [0.1, 0.15) is 11.1 Å². The molecule has 2 heterocycles. The summed E-state index contributed by atoms with van der Waals surface area (Å²) < 4.78 is 6.90. The van der Waals surface area contributed by atoms with Crippen molar-refractivity contribution >= 4 is 11.8 Å². The van der Waals surface area contributed by atoms with Crippen LogP contribution in [0.1, 0.15) is 71.2 Å². The van der Waals surface area contributed by atoms with Gasteiger partial charge in [-0.1, -0.05) is 43.2 Å². The van der Waals surface area contributed by atoms with Gasteiger partial charge in [0.05, 0.1) is 6.61 Å². The van der Waals surface area contributed by atoms with E-state index in [1.54, 1.807) is 29.0 Å². The quantitative estimate of drug-likeness (QED) is 0.648. The maximum absolute atomic E-state index is 13.3. The zero-order chi connectivity index (χ0) is 24.0. The number of rotatable bonds is 8. The molecule has 1 aliphatic carbocycles. The number of amides is 2. The Morgan fingerprint density at radius 2 is 1.65 bits per heavy atom. The van der Waals surface area contributed by atoms with Gasteiger partial charge in [0.25, 0.3) is 11.8 Å². The van der Waals surface area contributed by atoms with Gasteiger partial charge in [0.15, 0.2) is 0 Å². The lowest BCUT2D eigenvalue weighted by atomic mass is 9.79. The fraction of sp³-hybridized carbons (Fsp3) is 0.519. The smallest absolute Gasteiger partial charge is 0.259 e. The van der Waals surface area contributed by atoms with E-state index < -0.39 is 11.3 Å². The Kier molecular flexibility index (Phi) is 7.83. The summed E-state index contributed by atoms with van der Waals surface area (Å²) in [6, 6.07) is 10.3. The van der Waals surface area contributed by atoms with Crippen LogP contribution in [0.2, 0.25) is 0 Å². The van der Waals surface area contributed by atoms with Crippen LogP contribution in [-0.4, -0.2) is 54.6 Å². The Hall–Kier alpha value is -2.93. The van der Waals surface area contributed by atoms with E-state index in [2.05, 4.69) is 17.4 Å². The molecule has 1 saturated heterocycles. The third-order valence-electron chi connectivity index (χ3n) is 7.29. The summed E-state index contributed by atoms with van der Waals surface area (Å²) in [7, 11) is 1.60. The summed E-state index contributed by atoms with van der Waals surface area (Å²) in [6.07, 6.45) is 10.3. The van der Waals surface area contributed by atoms with E-state index in [0.29, 0.717) is 32.8 Å². The minimum Gasteiger partial charge on any atom is -0.383 e. The molecule has 1 aromatic heterocycles. The van der Waals surface area contributed by atoms with E-state index in [-0.39, 0.29) is 22.4 Å². The number of piperidine rings is 1. The molecule has 2 amide bonds. The first-order chi connectivity index (χ1) is 16.5. The van der Waals surface area contributed by atoms with Crippen LogP contribution in [-0.2, 0) is 16.7 Å². The largest absolute Gasteiger partial charge is 0.383 e. The number of carbonyl (C=O) groups excluding carboxylic acids is 2. The molecule has 7 heteroatoms. The van der Waals surface area contributed by atoms with Crippen molar-refractivity contribution in [1.82, 2.24) is 14.8 Å². The molecule has 0 spiro atoms. The lowest BCUT2D eigenvalue weighted by Gasteiger charge is -2.30. The van der Waals surface area contributed by atoms with Gasteiger partial charge in [-0.25, -0.2) is 0 Å². The average molecular weight is 466 g/mol. The standard InChI is InChI=1S/C27H35N3O4/c1-34-17-16-29-18-22(24(31)23(19-29)26(33)30-14-8-3-9-15-30)25(32)28-20-27(12-6-7-13-27)21-10-4-2-5-11-21/h2,4-5,10-11,18-19H,3,6-9,12-17,20H2,1H3,(H,28,32). The van der Waals surface area contributed by atoms with Crippen molar-refractivity contribution in [2.24, 2.45) is 0 Å². The van der Waals surface area contributed by atoms with Crippen LogP contribution in [0.25, 0.3) is 0 Å². The van der Waals surface area contributed by atoms with Crippen molar-refractivity contribution in [2.75, 3.05) is 33.4 Å². The summed E-state index contributed by atoms with van der Waals surface area (Å²) in [6.45, 7) is 2.63. The second-order valence-electron chi connectivity index (χ2n) is 9.53. The Balaban J connectivity index is 1.59. The van der Waals surface area contributed by atoms with Gasteiger partial charge in [-0.3, -0.25) is 14.4 Å². The molecule has 2 aromatic rings. The molecule has 1 aromatic carbocycles.